The van der Waals surface area contributed by atoms with Crippen LogP contribution in [0.5, 0.6) is 0 Å². The van der Waals surface area contributed by atoms with E-state index in [1.807, 2.05) is 12.1 Å². The molecule has 0 amide bonds. The first kappa shape index (κ1) is 9.55. The molecule has 2 aromatic rings. The van der Waals surface area contributed by atoms with Gasteiger partial charge in [0.25, 0.3) is 0 Å². The van der Waals surface area contributed by atoms with Crippen LogP contribution < -0.4 is 5.32 Å². The number of rotatable bonds is 1. The van der Waals surface area contributed by atoms with Crippen molar-refractivity contribution in [1.82, 2.24) is 5.32 Å². The van der Waals surface area contributed by atoms with Crippen LogP contribution in [0.4, 0.5) is 4.39 Å². The van der Waals surface area contributed by atoms with Gasteiger partial charge in [0.05, 0.1) is 0 Å². The van der Waals surface area contributed by atoms with Crippen molar-refractivity contribution in [2.24, 2.45) is 0 Å². The molecule has 0 aliphatic carbocycles. The van der Waals surface area contributed by atoms with E-state index in [0.717, 1.165) is 24.2 Å². The summed E-state index contributed by atoms with van der Waals surface area (Å²) in [5.74, 6) is -0.180. The number of nitrogens with one attached hydrogen (secondary N) is 1. The Morgan fingerprint density at radius 3 is 2.75 bits per heavy atom. The van der Waals surface area contributed by atoms with Crippen molar-refractivity contribution in [3.8, 4) is 11.1 Å². The van der Waals surface area contributed by atoms with Crippen LogP contribution in [0.1, 0.15) is 11.1 Å². The highest BCUT2D eigenvalue weighted by molar-refractivity contribution is 5.69. The zero-order valence-electron chi connectivity index (χ0n) is 8.83. The Balaban J connectivity index is 2.17. The molecule has 0 spiro atoms. The largest absolute Gasteiger partial charge is 0.309 e. The molecule has 0 saturated carbocycles. The number of hydrogen-bond acceptors (Lipinski definition) is 1. The number of benzene rings is 2. The third kappa shape index (κ3) is 1.51. The smallest absolute Gasteiger partial charge is 0.123 e. The first-order valence-electron chi connectivity index (χ1n) is 5.42. The van der Waals surface area contributed by atoms with Gasteiger partial charge in [0.2, 0.25) is 0 Å². The molecule has 2 heteroatoms. The molecule has 1 aliphatic heterocycles. The minimum atomic E-state index is -0.180. The highest BCUT2D eigenvalue weighted by Crippen LogP contribution is 2.29. The van der Waals surface area contributed by atoms with E-state index in [1.165, 1.54) is 17.2 Å². The highest BCUT2D eigenvalue weighted by atomic mass is 19.1. The lowest BCUT2D eigenvalue weighted by molar-refractivity contribution is 0.628. The van der Waals surface area contributed by atoms with Gasteiger partial charge >= 0.3 is 0 Å². The van der Waals surface area contributed by atoms with Crippen LogP contribution >= 0.6 is 0 Å². The molecule has 0 bridgehead atoms. The maximum absolute atomic E-state index is 13.2. The summed E-state index contributed by atoms with van der Waals surface area (Å²) in [6.07, 6.45) is 0. The third-order valence-corrected chi connectivity index (χ3v) is 3.03. The molecule has 80 valence electrons. The predicted molar refractivity (Wildman–Crippen MR) is 62.4 cm³/mol. The van der Waals surface area contributed by atoms with Gasteiger partial charge in [-0.3, -0.25) is 0 Å². The summed E-state index contributed by atoms with van der Waals surface area (Å²) in [6.45, 7) is 1.79. The number of halogens is 1. The van der Waals surface area contributed by atoms with Crippen molar-refractivity contribution in [2.75, 3.05) is 0 Å². The first-order chi connectivity index (χ1) is 7.84. The Bertz CT molecular complexity index is 534. The molecule has 0 aromatic heterocycles. The molecular formula is C14H12FN. The Labute approximate surface area is 93.9 Å². The van der Waals surface area contributed by atoms with Crippen LogP contribution in [0.2, 0.25) is 0 Å². The molecule has 0 radical (unpaired) electrons. The summed E-state index contributed by atoms with van der Waals surface area (Å²) in [6, 6.07) is 13.0. The van der Waals surface area contributed by atoms with E-state index >= 15 is 0 Å². The van der Waals surface area contributed by atoms with Gasteiger partial charge in [0.1, 0.15) is 5.82 Å². The van der Waals surface area contributed by atoms with Crippen LogP contribution in [-0.4, -0.2) is 0 Å². The van der Waals surface area contributed by atoms with E-state index in [1.54, 1.807) is 12.1 Å². The summed E-state index contributed by atoms with van der Waals surface area (Å²) in [4.78, 5) is 0. The lowest BCUT2D eigenvalue weighted by Gasteiger charge is -2.07. The molecule has 0 saturated heterocycles. The lowest BCUT2D eigenvalue weighted by atomic mass is 9.97. The standard InChI is InChI=1S/C14H12FN/c15-12-5-1-3-10(7-12)13-6-2-4-11-8-16-9-14(11)13/h1-7,16H,8-9H2. The molecule has 0 fully saturated rings. The van der Waals surface area contributed by atoms with Gasteiger partial charge in [-0.15, -0.1) is 0 Å². The maximum atomic E-state index is 13.2. The molecule has 1 heterocycles. The van der Waals surface area contributed by atoms with E-state index in [-0.39, 0.29) is 5.82 Å². The third-order valence-electron chi connectivity index (χ3n) is 3.03. The maximum Gasteiger partial charge on any atom is 0.123 e. The van der Waals surface area contributed by atoms with Crippen LogP contribution in [0, 0.1) is 5.82 Å². The molecule has 3 rings (SSSR count). The van der Waals surface area contributed by atoms with Gasteiger partial charge in [-0.1, -0.05) is 30.3 Å². The van der Waals surface area contributed by atoms with Gasteiger partial charge in [-0.2, -0.15) is 0 Å². The average molecular weight is 213 g/mol. The van der Waals surface area contributed by atoms with E-state index in [9.17, 15) is 4.39 Å². The van der Waals surface area contributed by atoms with Crippen molar-refractivity contribution in [1.29, 1.82) is 0 Å². The number of fused-ring (bicyclic) bond motifs is 1. The molecular weight excluding hydrogens is 201 g/mol. The fourth-order valence-corrected chi connectivity index (χ4v) is 2.26. The van der Waals surface area contributed by atoms with Crippen LogP contribution in [0.3, 0.4) is 0 Å². The van der Waals surface area contributed by atoms with Gasteiger partial charge in [-0.25, -0.2) is 4.39 Å². The van der Waals surface area contributed by atoms with Crippen molar-refractivity contribution in [2.45, 2.75) is 13.1 Å². The van der Waals surface area contributed by atoms with Crippen molar-refractivity contribution >= 4 is 0 Å². The van der Waals surface area contributed by atoms with Crippen molar-refractivity contribution in [3.63, 3.8) is 0 Å². The average Bonchev–Trinajstić information content (AvgIpc) is 2.76. The number of hydrogen-bond donors (Lipinski definition) is 1. The fourth-order valence-electron chi connectivity index (χ4n) is 2.26. The van der Waals surface area contributed by atoms with Crippen LogP contribution in [0.25, 0.3) is 11.1 Å². The monoisotopic (exact) mass is 213 g/mol. The quantitative estimate of drug-likeness (QED) is 0.767. The summed E-state index contributed by atoms with van der Waals surface area (Å²) in [7, 11) is 0. The van der Waals surface area contributed by atoms with E-state index < -0.39 is 0 Å². The first-order valence-corrected chi connectivity index (χ1v) is 5.42. The van der Waals surface area contributed by atoms with Crippen LogP contribution in [-0.2, 0) is 13.1 Å². The van der Waals surface area contributed by atoms with Gasteiger partial charge < -0.3 is 5.32 Å². The second-order valence-corrected chi connectivity index (χ2v) is 4.06. The van der Waals surface area contributed by atoms with E-state index in [4.69, 9.17) is 0 Å². The fraction of sp³-hybridized carbons (Fsp3) is 0.143. The minimum Gasteiger partial charge on any atom is -0.309 e. The molecule has 2 aromatic carbocycles. The zero-order valence-corrected chi connectivity index (χ0v) is 8.83. The second-order valence-electron chi connectivity index (χ2n) is 4.06. The van der Waals surface area contributed by atoms with Gasteiger partial charge in [0.15, 0.2) is 0 Å². The van der Waals surface area contributed by atoms with E-state index in [0.29, 0.717) is 0 Å². The molecule has 0 unspecified atom stereocenters. The second kappa shape index (κ2) is 3.72. The van der Waals surface area contributed by atoms with Gasteiger partial charge in [0, 0.05) is 13.1 Å². The normalized spacial score (nSPS) is 13.8. The molecule has 1 N–H and O–H groups in total. The summed E-state index contributed by atoms with van der Waals surface area (Å²) >= 11 is 0. The molecule has 0 atom stereocenters. The summed E-state index contributed by atoms with van der Waals surface area (Å²) in [5, 5.41) is 3.32. The molecule has 1 nitrogen and oxygen atoms in total. The van der Waals surface area contributed by atoms with Crippen molar-refractivity contribution in [3.05, 3.63) is 59.4 Å². The SMILES string of the molecule is Fc1cccc(-c2cccc3c2CNC3)c1. The Hall–Kier alpha value is -1.67. The Morgan fingerprint density at radius 1 is 1.00 bits per heavy atom. The van der Waals surface area contributed by atoms with Crippen molar-refractivity contribution < 1.29 is 4.39 Å². The summed E-state index contributed by atoms with van der Waals surface area (Å²) in [5.41, 5.74) is 4.72. The minimum absolute atomic E-state index is 0.180. The van der Waals surface area contributed by atoms with Crippen LogP contribution in [0.15, 0.2) is 42.5 Å². The lowest BCUT2D eigenvalue weighted by Crippen LogP contribution is -2.00. The molecule has 16 heavy (non-hydrogen) atoms. The summed E-state index contributed by atoms with van der Waals surface area (Å²) < 4.78 is 13.2. The Kier molecular flexibility index (Phi) is 2.22. The van der Waals surface area contributed by atoms with Gasteiger partial charge in [-0.05, 0) is 34.4 Å². The zero-order chi connectivity index (χ0) is 11.0. The van der Waals surface area contributed by atoms with E-state index in [2.05, 4.69) is 17.4 Å². The molecule has 1 aliphatic rings. The highest BCUT2D eigenvalue weighted by Gasteiger charge is 2.14. The Morgan fingerprint density at radius 2 is 1.88 bits per heavy atom. The predicted octanol–water partition coefficient (Wildman–Crippen LogP) is 3.10. The topological polar surface area (TPSA) is 12.0 Å².